The second kappa shape index (κ2) is 5.41. The summed E-state index contributed by atoms with van der Waals surface area (Å²) in [6.45, 7) is 0. The van der Waals surface area contributed by atoms with Crippen LogP contribution in [-0.2, 0) is 0 Å². The van der Waals surface area contributed by atoms with Crippen molar-refractivity contribution in [1.82, 2.24) is 0 Å². The van der Waals surface area contributed by atoms with Gasteiger partial charge in [-0.1, -0.05) is 36.4 Å². The minimum Gasteiger partial charge on any atom is -0.505 e. The molecule has 3 aromatic carbocycles. The molecule has 0 unspecified atom stereocenters. The molecule has 22 heavy (non-hydrogen) atoms. The van der Waals surface area contributed by atoms with Crippen LogP contribution in [-0.4, -0.2) is 18.0 Å². The predicted molar refractivity (Wildman–Crippen MR) is 86.5 cm³/mol. The predicted octanol–water partition coefficient (Wildman–Crippen LogP) is 3.37. The number of hydrogen-bond acceptors (Lipinski definition) is 4. The van der Waals surface area contributed by atoms with Crippen molar-refractivity contribution in [3.8, 4) is 11.5 Å². The second-order valence-electron chi connectivity index (χ2n) is 4.94. The highest BCUT2D eigenvalue weighted by Gasteiger charge is 2.21. The normalized spacial score (nSPS) is 10.6. The van der Waals surface area contributed by atoms with Gasteiger partial charge in [-0.05, 0) is 29.0 Å². The number of aromatic hydroxyl groups is 1. The van der Waals surface area contributed by atoms with Gasteiger partial charge in [0.25, 0.3) is 0 Å². The van der Waals surface area contributed by atoms with E-state index in [1.54, 1.807) is 24.3 Å². The van der Waals surface area contributed by atoms with E-state index in [1.807, 2.05) is 30.3 Å². The van der Waals surface area contributed by atoms with Crippen LogP contribution in [0.1, 0.15) is 15.9 Å². The summed E-state index contributed by atoms with van der Waals surface area (Å²) in [5.41, 5.74) is 6.44. The van der Waals surface area contributed by atoms with Crippen LogP contribution in [0.4, 0.5) is 5.69 Å². The van der Waals surface area contributed by atoms with Crippen LogP contribution >= 0.6 is 0 Å². The number of hydrogen-bond donors (Lipinski definition) is 2. The van der Waals surface area contributed by atoms with Crippen molar-refractivity contribution in [2.24, 2.45) is 0 Å². The van der Waals surface area contributed by atoms with E-state index in [1.165, 1.54) is 7.11 Å². The van der Waals surface area contributed by atoms with Gasteiger partial charge < -0.3 is 15.6 Å². The first-order valence-electron chi connectivity index (χ1n) is 6.81. The summed E-state index contributed by atoms with van der Waals surface area (Å²) in [5.74, 6) is -0.0635. The first-order chi connectivity index (χ1) is 10.6. The molecule has 0 aliphatic rings. The highest BCUT2D eigenvalue weighted by atomic mass is 16.5. The van der Waals surface area contributed by atoms with E-state index in [-0.39, 0.29) is 22.8 Å². The van der Waals surface area contributed by atoms with Gasteiger partial charge in [0.05, 0.1) is 23.9 Å². The van der Waals surface area contributed by atoms with Crippen molar-refractivity contribution >= 4 is 22.2 Å². The molecular formula is C18H15NO3. The number of nitrogens with two attached hydrogens (primary N) is 1. The van der Waals surface area contributed by atoms with Crippen molar-refractivity contribution in [1.29, 1.82) is 0 Å². The van der Waals surface area contributed by atoms with Gasteiger partial charge in [0.2, 0.25) is 5.78 Å². The average molecular weight is 293 g/mol. The summed E-state index contributed by atoms with van der Waals surface area (Å²) >= 11 is 0. The zero-order valence-electron chi connectivity index (χ0n) is 12.0. The lowest BCUT2D eigenvalue weighted by Gasteiger charge is -2.12. The summed E-state index contributed by atoms with van der Waals surface area (Å²) in [7, 11) is 1.51. The first-order valence-corrected chi connectivity index (χ1v) is 6.81. The molecule has 3 aromatic rings. The molecule has 0 bridgehead atoms. The van der Waals surface area contributed by atoms with Gasteiger partial charge in [-0.15, -0.1) is 0 Å². The smallest absolute Gasteiger partial charge is 0.201 e. The number of methoxy groups -OCH3 is 1. The highest BCUT2D eigenvalue weighted by molar-refractivity contribution is 6.19. The molecule has 0 aliphatic heterocycles. The number of anilines is 1. The highest BCUT2D eigenvalue weighted by Crippen LogP contribution is 2.33. The monoisotopic (exact) mass is 293 g/mol. The Labute approximate surface area is 127 Å². The molecule has 0 radical (unpaired) electrons. The Morgan fingerprint density at radius 3 is 2.59 bits per heavy atom. The van der Waals surface area contributed by atoms with Gasteiger partial charge >= 0.3 is 0 Å². The van der Waals surface area contributed by atoms with Crippen molar-refractivity contribution < 1.29 is 14.6 Å². The van der Waals surface area contributed by atoms with E-state index >= 15 is 0 Å². The Morgan fingerprint density at radius 2 is 1.82 bits per heavy atom. The molecule has 110 valence electrons. The van der Waals surface area contributed by atoms with E-state index in [9.17, 15) is 9.90 Å². The topological polar surface area (TPSA) is 72.5 Å². The molecule has 0 spiro atoms. The Bertz CT molecular complexity index is 871. The van der Waals surface area contributed by atoms with Gasteiger partial charge in [0, 0.05) is 0 Å². The number of ether oxygens (including phenoxy) is 1. The number of rotatable bonds is 3. The van der Waals surface area contributed by atoms with E-state index in [0.29, 0.717) is 11.3 Å². The summed E-state index contributed by atoms with van der Waals surface area (Å²) in [5, 5.41) is 11.8. The SMILES string of the molecule is COc1ccc2ccccc2c1C(=O)c1cccc(N)c1O. The van der Waals surface area contributed by atoms with Crippen molar-refractivity contribution in [3.05, 3.63) is 65.7 Å². The fourth-order valence-electron chi connectivity index (χ4n) is 2.54. The van der Waals surface area contributed by atoms with Crippen LogP contribution < -0.4 is 10.5 Å². The zero-order valence-corrected chi connectivity index (χ0v) is 12.0. The Kier molecular flexibility index (Phi) is 3.43. The van der Waals surface area contributed by atoms with Crippen LogP contribution in [0, 0.1) is 0 Å². The standard InChI is InChI=1S/C18H15NO3/c1-22-15-10-9-11-5-2-3-6-12(11)16(15)18(21)13-7-4-8-14(19)17(13)20/h2-10,20H,19H2,1H3. The maximum Gasteiger partial charge on any atom is 0.201 e. The molecule has 0 atom stereocenters. The van der Waals surface area contributed by atoms with Crippen LogP contribution in [0.2, 0.25) is 0 Å². The third-order valence-corrected chi connectivity index (χ3v) is 3.65. The van der Waals surface area contributed by atoms with Crippen molar-refractivity contribution in [2.45, 2.75) is 0 Å². The Hall–Kier alpha value is -3.01. The first kappa shape index (κ1) is 13.9. The number of phenols is 1. The van der Waals surface area contributed by atoms with Crippen LogP contribution in [0.25, 0.3) is 10.8 Å². The Morgan fingerprint density at radius 1 is 1.05 bits per heavy atom. The lowest BCUT2D eigenvalue weighted by molar-refractivity contribution is 0.103. The van der Waals surface area contributed by atoms with E-state index < -0.39 is 0 Å². The van der Waals surface area contributed by atoms with Gasteiger partial charge in [0.1, 0.15) is 11.5 Å². The molecule has 0 fully saturated rings. The number of ketones is 1. The second-order valence-corrected chi connectivity index (χ2v) is 4.94. The molecule has 3 N–H and O–H groups in total. The molecule has 4 nitrogen and oxygen atoms in total. The lowest BCUT2D eigenvalue weighted by atomic mass is 9.95. The Balaban J connectivity index is 2.28. The van der Waals surface area contributed by atoms with E-state index in [2.05, 4.69) is 0 Å². The fraction of sp³-hybridized carbons (Fsp3) is 0.0556. The number of para-hydroxylation sites is 1. The molecule has 0 aromatic heterocycles. The molecule has 0 saturated heterocycles. The number of carbonyl (C=O) groups is 1. The maximum absolute atomic E-state index is 12.9. The van der Waals surface area contributed by atoms with Crippen LogP contribution in [0.15, 0.2) is 54.6 Å². The molecule has 4 heteroatoms. The quantitative estimate of drug-likeness (QED) is 0.441. The number of nitrogen functional groups attached to an aromatic ring is 1. The average Bonchev–Trinajstić information content (AvgIpc) is 2.55. The molecule has 0 aliphatic carbocycles. The molecular weight excluding hydrogens is 278 g/mol. The summed E-state index contributed by atoms with van der Waals surface area (Å²) in [4.78, 5) is 12.9. The fourth-order valence-corrected chi connectivity index (χ4v) is 2.54. The minimum atomic E-state index is -0.321. The zero-order chi connectivity index (χ0) is 15.7. The lowest BCUT2D eigenvalue weighted by Crippen LogP contribution is -2.06. The van der Waals surface area contributed by atoms with Gasteiger partial charge in [0.15, 0.2) is 0 Å². The van der Waals surface area contributed by atoms with E-state index in [0.717, 1.165) is 10.8 Å². The van der Waals surface area contributed by atoms with E-state index in [4.69, 9.17) is 10.5 Å². The summed E-state index contributed by atoms with van der Waals surface area (Å²) in [6.07, 6.45) is 0. The summed E-state index contributed by atoms with van der Waals surface area (Å²) < 4.78 is 5.33. The van der Waals surface area contributed by atoms with Crippen LogP contribution in [0.5, 0.6) is 11.5 Å². The van der Waals surface area contributed by atoms with Gasteiger partial charge in [-0.3, -0.25) is 4.79 Å². The number of phenolic OH excluding ortho intramolecular Hbond substituents is 1. The molecule has 0 amide bonds. The minimum absolute atomic E-state index is 0.162. The maximum atomic E-state index is 12.9. The van der Waals surface area contributed by atoms with Gasteiger partial charge in [-0.25, -0.2) is 0 Å². The van der Waals surface area contributed by atoms with Crippen molar-refractivity contribution in [3.63, 3.8) is 0 Å². The number of carbonyl (C=O) groups excluding carboxylic acids is 1. The van der Waals surface area contributed by atoms with Crippen LogP contribution in [0.3, 0.4) is 0 Å². The largest absolute Gasteiger partial charge is 0.505 e. The number of fused-ring (bicyclic) bond motifs is 1. The van der Waals surface area contributed by atoms with Crippen molar-refractivity contribution in [2.75, 3.05) is 12.8 Å². The molecule has 3 rings (SSSR count). The number of benzene rings is 3. The van der Waals surface area contributed by atoms with Gasteiger partial charge in [-0.2, -0.15) is 0 Å². The third kappa shape index (κ3) is 2.15. The molecule has 0 heterocycles. The summed E-state index contributed by atoms with van der Waals surface area (Å²) in [6, 6.07) is 15.9. The third-order valence-electron chi connectivity index (χ3n) is 3.65. The molecule has 0 saturated carbocycles.